The molecule has 0 aliphatic carbocycles. The minimum atomic E-state index is -4.22. The molecule has 3 N–H and O–H groups in total. The van der Waals surface area contributed by atoms with Crippen molar-refractivity contribution in [1.29, 1.82) is 0 Å². The molecule has 0 saturated heterocycles. The molecule has 0 bridgehead atoms. The maximum absolute atomic E-state index is 12.5. The summed E-state index contributed by atoms with van der Waals surface area (Å²) >= 11 is 0. The van der Waals surface area contributed by atoms with Gasteiger partial charge in [-0.15, -0.1) is 0 Å². The molecular weight excluding hydrogens is 384 g/mol. The first kappa shape index (κ1) is 20.8. The van der Waals surface area contributed by atoms with Crippen LogP contribution in [0.3, 0.4) is 0 Å². The molecule has 0 saturated carbocycles. The molecule has 27 heavy (non-hydrogen) atoms. The number of nitrogens with two attached hydrogens (primary N) is 1. The van der Waals surface area contributed by atoms with Crippen molar-refractivity contribution >= 4 is 26.9 Å². The molecule has 8 heteroatoms. The van der Waals surface area contributed by atoms with Crippen LogP contribution in [0.1, 0.15) is 36.7 Å². The van der Waals surface area contributed by atoms with E-state index in [1.165, 1.54) is 36.4 Å². The normalized spacial score (nSPS) is 12.6. The Morgan fingerprint density at radius 3 is 2.22 bits per heavy atom. The van der Waals surface area contributed by atoms with Crippen LogP contribution < -0.4 is 9.86 Å². The maximum Gasteiger partial charge on any atom is 0.265 e. The molecule has 0 heterocycles. The van der Waals surface area contributed by atoms with Crippen molar-refractivity contribution in [2.45, 2.75) is 30.6 Å². The molecule has 1 unspecified atom stereocenters. The van der Waals surface area contributed by atoms with Crippen molar-refractivity contribution in [1.82, 2.24) is 4.72 Å². The molecule has 6 nitrogen and oxygen atoms in total. The van der Waals surface area contributed by atoms with Gasteiger partial charge in [-0.25, -0.2) is 22.5 Å². The van der Waals surface area contributed by atoms with E-state index in [1.807, 2.05) is 25.5 Å². The summed E-state index contributed by atoms with van der Waals surface area (Å²) in [5, 5.41) is 5.31. The fourth-order valence-electron chi connectivity index (χ4n) is 2.04. The molecule has 0 radical (unpaired) electrons. The summed E-state index contributed by atoms with van der Waals surface area (Å²) in [6, 6.07) is 11.8. The second kappa shape index (κ2) is 8.05. The largest absolute Gasteiger partial charge is 0.268 e. The average molecular weight is 405 g/mol. The summed E-state index contributed by atoms with van der Waals surface area (Å²) in [6.45, 7) is 5.96. The highest BCUT2D eigenvalue weighted by molar-refractivity contribution is 7.91. The van der Waals surface area contributed by atoms with E-state index in [9.17, 15) is 17.4 Å². The standard InChI is InChI=1S/C19H20N2O4S2/c1-19(2,3)13-12-14-8-10-15(11-9-14)18(22)21-27(24,25)17-7-5-4-6-16(17)26(20)23/h4-11H,20H2,1-3H3,(H,21,22). The molecule has 2 rings (SSSR count). The van der Waals surface area contributed by atoms with Crippen LogP contribution in [0, 0.1) is 17.3 Å². The lowest BCUT2D eigenvalue weighted by Gasteiger charge is -2.10. The van der Waals surface area contributed by atoms with Crippen LogP contribution in [0.4, 0.5) is 0 Å². The summed E-state index contributed by atoms with van der Waals surface area (Å²) in [4.78, 5) is 11.9. The Bertz CT molecular complexity index is 1040. The average Bonchev–Trinajstić information content (AvgIpc) is 2.59. The Kier molecular flexibility index (Phi) is 6.21. The minimum Gasteiger partial charge on any atom is -0.268 e. The third-order valence-electron chi connectivity index (χ3n) is 3.31. The number of hydrogen-bond donors (Lipinski definition) is 2. The number of amides is 1. The zero-order valence-corrected chi connectivity index (χ0v) is 16.8. The first-order valence-corrected chi connectivity index (χ1v) is 10.6. The predicted molar refractivity (Wildman–Crippen MR) is 104 cm³/mol. The maximum atomic E-state index is 12.5. The van der Waals surface area contributed by atoms with Crippen molar-refractivity contribution in [2.24, 2.45) is 10.6 Å². The van der Waals surface area contributed by atoms with E-state index >= 15 is 0 Å². The fraction of sp³-hybridized carbons (Fsp3) is 0.211. The number of hydrogen-bond acceptors (Lipinski definition) is 4. The molecule has 2 aromatic rings. The number of rotatable bonds is 4. The highest BCUT2D eigenvalue weighted by Gasteiger charge is 2.23. The van der Waals surface area contributed by atoms with E-state index in [1.54, 1.807) is 12.1 Å². The van der Waals surface area contributed by atoms with E-state index in [0.717, 1.165) is 0 Å². The molecule has 0 aromatic heterocycles. The molecule has 0 fully saturated rings. The summed E-state index contributed by atoms with van der Waals surface area (Å²) in [7, 11) is -6.23. The Hall–Kier alpha value is -2.47. The number of sulfonamides is 1. The lowest BCUT2D eigenvalue weighted by atomic mass is 9.97. The summed E-state index contributed by atoms with van der Waals surface area (Å²) < 4.78 is 38.5. The van der Waals surface area contributed by atoms with Crippen LogP contribution in [-0.2, 0) is 21.0 Å². The van der Waals surface area contributed by atoms with Gasteiger partial charge in [-0.3, -0.25) is 4.79 Å². The van der Waals surface area contributed by atoms with Crippen molar-refractivity contribution in [2.75, 3.05) is 0 Å². The zero-order chi connectivity index (χ0) is 20.2. The zero-order valence-electron chi connectivity index (χ0n) is 15.1. The number of carbonyl (C=O) groups is 1. The van der Waals surface area contributed by atoms with Crippen molar-refractivity contribution < 1.29 is 17.4 Å². The van der Waals surface area contributed by atoms with Gasteiger partial charge < -0.3 is 0 Å². The molecule has 0 aliphatic heterocycles. The highest BCUT2D eigenvalue weighted by atomic mass is 32.2. The van der Waals surface area contributed by atoms with Gasteiger partial charge in [0.2, 0.25) is 0 Å². The molecule has 1 atom stereocenters. The first-order valence-electron chi connectivity index (χ1n) is 7.95. The van der Waals surface area contributed by atoms with Gasteiger partial charge in [0.1, 0.15) is 15.9 Å². The van der Waals surface area contributed by atoms with Crippen LogP contribution in [0.25, 0.3) is 0 Å². The van der Waals surface area contributed by atoms with E-state index in [-0.39, 0.29) is 20.8 Å². The predicted octanol–water partition coefficient (Wildman–Crippen LogP) is 2.18. The van der Waals surface area contributed by atoms with Crippen LogP contribution >= 0.6 is 0 Å². The number of nitrogens with one attached hydrogen (secondary N) is 1. The molecule has 142 valence electrons. The highest BCUT2D eigenvalue weighted by Crippen LogP contribution is 2.18. The van der Waals surface area contributed by atoms with Gasteiger partial charge in [0, 0.05) is 16.5 Å². The lowest BCUT2D eigenvalue weighted by molar-refractivity contribution is 0.0981. The van der Waals surface area contributed by atoms with Gasteiger partial charge in [-0.1, -0.05) is 24.0 Å². The van der Waals surface area contributed by atoms with Crippen LogP contribution in [-0.4, -0.2) is 18.5 Å². The van der Waals surface area contributed by atoms with E-state index in [4.69, 9.17) is 5.14 Å². The topological polar surface area (TPSA) is 106 Å². The summed E-state index contributed by atoms with van der Waals surface area (Å²) in [5.41, 5.74) is 0.722. The molecule has 0 spiro atoms. The third-order valence-corrected chi connectivity index (χ3v) is 5.62. The SMILES string of the molecule is CC(C)(C)C#Cc1ccc(C(=O)NS(=O)(=O)c2ccccc2S(N)=O)cc1. The Morgan fingerprint density at radius 2 is 1.67 bits per heavy atom. The van der Waals surface area contributed by atoms with Crippen molar-refractivity contribution in [3.63, 3.8) is 0 Å². The molecule has 2 aromatic carbocycles. The number of benzene rings is 2. The minimum absolute atomic E-state index is 0.0781. The first-order chi connectivity index (χ1) is 12.5. The second-order valence-electron chi connectivity index (χ2n) is 6.76. The third kappa shape index (κ3) is 5.76. The van der Waals surface area contributed by atoms with Gasteiger partial charge in [0.25, 0.3) is 15.9 Å². The summed E-state index contributed by atoms with van der Waals surface area (Å²) in [6.07, 6.45) is 0. The van der Waals surface area contributed by atoms with Gasteiger partial charge in [-0.05, 0) is 57.2 Å². The van der Waals surface area contributed by atoms with Crippen LogP contribution in [0.5, 0.6) is 0 Å². The van der Waals surface area contributed by atoms with E-state index < -0.39 is 26.9 Å². The van der Waals surface area contributed by atoms with Crippen LogP contribution in [0.2, 0.25) is 0 Å². The van der Waals surface area contributed by atoms with E-state index in [0.29, 0.717) is 5.56 Å². The fourth-order valence-corrected chi connectivity index (χ4v) is 4.16. The smallest absolute Gasteiger partial charge is 0.265 e. The lowest BCUT2D eigenvalue weighted by Crippen LogP contribution is -2.31. The Morgan fingerprint density at radius 1 is 1.07 bits per heavy atom. The Labute approximate surface area is 161 Å². The quantitative estimate of drug-likeness (QED) is 0.762. The van der Waals surface area contributed by atoms with Gasteiger partial charge in [0.15, 0.2) is 0 Å². The second-order valence-corrected chi connectivity index (χ2v) is 9.44. The van der Waals surface area contributed by atoms with Gasteiger partial charge >= 0.3 is 0 Å². The van der Waals surface area contributed by atoms with Gasteiger partial charge in [-0.2, -0.15) is 0 Å². The Balaban J connectivity index is 2.24. The number of carbonyl (C=O) groups excluding carboxylic acids is 1. The van der Waals surface area contributed by atoms with Gasteiger partial charge in [0.05, 0.1) is 4.90 Å². The monoisotopic (exact) mass is 404 g/mol. The van der Waals surface area contributed by atoms with Crippen LogP contribution in [0.15, 0.2) is 58.3 Å². The summed E-state index contributed by atoms with van der Waals surface area (Å²) in [5.74, 6) is 5.27. The molecule has 1 amide bonds. The molecule has 0 aliphatic rings. The van der Waals surface area contributed by atoms with E-state index in [2.05, 4.69) is 11.8 Å². The van der Waals surface area contributed by atoms with Crippen molar-refractivity contribution in [3.8, 4) is 11.8 Å². The molecular formula is C19H20N2O4S2. The van der Waals surface area contributed by atoms with Crippen molar-refractivity contribution in [3.05, 3.63) is 59.7 Å².